The van der Waals surface area contributed by atoms with Gasteiger partial charge in [0.1, 0.15) is 22.7 Å². The molecule has 6 nitrogen and oxygen atoms in total. The minimum absolute atomic E-state index is 0.0262. The number of benzene rings is 1. The fourth-order valence-electron chi connectivity index (χ4n) is 2.73. The molecular formula is C17H14N4O2S2. The second kappa shape index (κ2) is 6.45. The Kier molecular flexibility index (Phi) is 4.14. The Morgan fingerprint density at radius 2 is 2.16 bits per heavy atom. The first-order valence-electron chi connectivity index (χ1n) is 7.68. The van der Waals surface area contributed by atoms with E-state index in [1.54, 1.807) is 17.4 Å². The number of hydrogen-bond acceptors (Lipinski definition) is 6. The van der Waals surface area contributed by atoms with Crippen LogP contribution in [0.2, 0.25) is 0 Å². The summed E-state index contributed by atoms with van der Waals surface area (Å²) in [6, 6.07) is 9.28. The van der Waals surface area contributed by atoms with E-state index in [1.807, 2.05) is 36.6 Å². The number of para-hydroxylation sites is 2. The van der Waals surface area contributed by atoms with Crippen LogP contribution in [0.3, 0.4) is 0 Å². The third-order valence-electron chi connectivity index (χ3n) is 3.90. The third-order valence-corrected chi connectivity index (χ3v) is 5.82. The quantitative estimate of drug-likeness (QED) is 0.566. The second-order valence-electron chi connectivity index (χ2n) is 5.57. The lowest BCUT2D eigenvalue weighted by molar-refractivity contribution is -0.121. The van der Waals surface area contributed by atoms with Crippen LogP contribution >= 0.6 is 23.1 Å². The maximum absolute atomic E-state index is 13.0. The molecule has 1 N–H and O–H groups in total. The summed E-state index contributed by atoms with van der Waals surface area (Å²) in [6.07, 6.45) is 1.52. The van der Waals surface area contributed by atoms with Gasteiger partial charge in [0.05, 0.1) is 16.6 Å². The number of nitrogens with zero attached hydrogens (tertiary/aromatic N) is 3. The van der Waals surface area contributed by atoms with Crippen molar-refractivity contribution in [2.45, 2.75) is 17.2 Å². The van der Waals surface area contributed by atoms with Gasteiger partial charge in [0.2, 0.25) is 11.8 Å². The van der Waals surface area contributed by atoms with Gasteiger partial charge in [-0.15, -0.1) is 11.3 Å². The lowest BCUT2D eigenvalue weighted by atomic mass is 10.2. The molecule has 1 aromatic carbocycles. The molecule has 1 aliphatic rings. The molecule has 25 heavy (non-hydrogen) atoms. The van der Waals surface area contributed by atoms with Crippen molar-refractivity contribution in [3.05, 3.63) is 42.0 Å². The van der Waals surface area contributed by atoms with E-state index in [0.29, 0.717) is 5.69 Å². The number of carbonyl (C=O) groups excluding carboxylic acids is 2. The van der Waals surface area contributed by atoms with Crippen LogP contribution in [0.4, 0.5) is 11.4 Å². The second-order valence-corrected chi connectivity index (χ2v) is 7.79. The third kappa shape index (κ3) is 2.98. The van der Waals surface area contributed by atoms with Crippen LogP contribution in [-0.4, -0.2) is 33.6 Å². The summed E-state index contributed by atoms with van der Waals surface area (Å²) in [4.78, 5) is 35.9. The van der Waals surface area contributed by atoms with Crippen molar-refractivity contribution < 1.29 is 9.59 Å². The van der Waals surface area contributed by atoms with Crippen LogP contribution in [0.25, 0.3) is 10.2 Å². The van der Waals surface area contributed by atoms with Gasteiger partial charge in [-0.3, -0.25) is 14.5 Å². The predicted molar refractivity (Wildman–Crippen MR) is 100 cm³/mol. The number of thioether (sulfide) groups is 1. The molecule has 3 aromatic rings. The minimum atomic E-state index is -0.378. The SMILES string of the molecule is C[C@H](Sc1ncnc2sccc12)C(=O)N1CC(=O)Nc2ccccc21. The highest BCUT2D eigenvalue weighted by Crippen LogP contribution is 2.34. The number of aromatic nitrogens is 2. The summed E-state index contributed by atoms with van der Waals surface area (Å²) >= 11 is 2.93. The van der Waals surface area contributed by atoms with Crippen LogP contribution in [-0.2, 0) is 9.59 Å². The number of nitrogens with one attached hydrogen (secondary N) is 1. The first-order chi connectivity index (χ1) is 12.1. The predicted octanol–water partition coefficient (Wildman–Crippen LogP) is 3.16. The number of anilines is 2. The largest absolute Gasteiger partial charge is 0.323 e. The lowest BCUT2D eigenvalue weighted by Crippen LogP contribution is -2.45. The van der Waals surface area contributed by atoms with Crippen LogP contribution in [0.1, 0.15) is 6.92 Å². The average molecular weight is 370 g/mol. The monoisotopic (exact) mass is 370 g/mol. The zero-order valence-corrected chi connectivity index (χ0v) is 14.9. The number of rotatable bonds is 3. The summed E-state index contributed by atoms with van der Waals surface area (Å²) in [6.45, 7) is 1.86. The molecule has 0 bridgehead atoms. The molecule has 3 heterocycles. The number of thiophene rings is 1. The molecule has 0 saturated carbocycles. The van der Waals surface area contributed by atoms with E-state index < -0.39 is 0 Å². The van der Waals surface area contributed by atoms with Crippen molar-refractivity contribution in [3.8, 4) is 0 Å². The van der Waals surface area contributed by atoms with Gasteiger partial charge in [-0.05, 0) is 30.5 Å². The molecule has 0 spiro atoms. The van der Waals surface area contributed by atoms with Gasteiger partial charge in [0.15, 0.2) is 0 Å². The summed E-state index contributed by atoms with van der Waals surface area (Å²) in [5, 5.41) is 6.11. The van der Waals surface area contributed by atoms with E-state index in [4.69, 9.17) is 0 Å². The smallest absolute Gasteiger partial charge is 0.244 e. The molecule has 0 aliphatic carbocycles. The highest BCUT2D eigenvalue weighted by Gasteiger charge is 2.30. The van der Waals surface area contributed by atoms with Crippen LogP contribution < -0.4 is 10.2 Å². The Bertz CT molecular complexity index is 972. The van der Waals surface area contributed by atoms with E-state index in [2.05, 4.69) is 15.3 Å². The molecule has 0 unspecified atom stereocenters. The van der Waals surface area contributed by atoms with Crippen LogP contribution in [0.5, 0.6) is 0 Å². The Balaban J connectivity index is 1.61. The first-order valence-corrected chi connectivity index (χ1v) is 9.44. The van der Waals surface area contributed by atoms with Gasteiger partial charge in [-0.2, -0.15) is 0 Å². The summed E-state index contributed by atoms with van der Waals surface area (Å²) in [7, 11) is 0. The van der Waals surface area contributed by atoms with E-state index in [9.17, 15) is 9.59 Å². The number of hydrogen-bond donors (Lipinski definition) is 1. The molecule has 8 heteroatoms. The van der Waals surface area contributed by atoms with Crippen LogP contribution in [0, 0.1) is 0 Å². The fraction of sp³-hybridized carbons (Fsp3) is 0.176. The lowest BCUT2D eigenvalue weighted by Gasteiger charge is -2.30. The molecule has 1 aliphatic heterocycles. The molecular weight excluding hydrogens is 356 g/mol. The van der Waals surface area contributed by atoms with Gasteiger partial charge in [-0.25, -0.2) is 9.97 Å². The van der Waals surface area contributed by atoms with Crippen molar-refractivity contribution in [1.29, 1.82) is 0 Å². The number of carbonyl (C=O) groups is 2. The van der Waals surface area contributed by atoms with Gasteiger partial charge >= 0.3 is 0 Å². The first kappa shape index (κ1) is 16.0. The van der Waals surface area contributed by atoms with Crippen LogP contribution in [0.15, 0.2) is 47.1 Å². The van der Waals surface area contributed by atoms with Crippen molar-refractivity contribution in [3.63, 3.8) is 0 Å². The minimum Gasteiger partial charge on any atom is -0.323 e. The van der Waals surface area contributed by atoms with Gasteiger partial charge < -0.3 is 5.32 Å². The van der Waals surface area contributed by atoms with E-state index in [-0.39, 0.29) is 23.6 Å². The van der Waals surface area contributed by atoms with Gasteiger partial charge in [0, 0.05) is 5.39 Å². The maximum Gasteiger partial charge on any atom is 0.244 e. The van der Waals surface area contributed by atoms with Gasteiger partial charge in [0.25, 0.3) is 0 Å². The topological polar surface area (TPSA) is 75.2 Å². The summed E-state index contributed by atoms with van der Waals surface area (Å²) in [5.41, 5.74) is 1.38. The van der Waals surface area contributed by atoms with Crippen molar-refractivity contribution in [1.82, 2.24) is 9.97 Å². The van der Waals surface area contributed by atoms with Crippen molar-refractivity contribution >= 4 is 56.5 Å². The highest BCUT2D eigenvalue weighted by molar-refractivity contribution is 8.00. The molecule has 0 fully saturated rings. The Morgan fingerprint density at radius 3 is 3.04 bits per heavy atom. The summed E-state index contributed by atoms with van der Waals surface area (Å²) < 4.78 is 0. The molecule has 126 valence electrons. The van der Waals surface area contributed by atoms with Crippen molar-refractivity contribution in [2.75, 3.05) is 16.8 Å². The van der Waals surface area contributed by atoms with Crippen molar-refractivity contribution in [2.24, 2.45) is 0 Å². The van der Waals surface area contributed by atoms with E-state index in [0.717, 1.165) is 20.9 Å². The zero-order valence-electron chi connectivity index (χ0n) is 13.3. The molecule has 0 saturated heterocycles. The maximum atomic E-state index is 13.0. The normalized spacial score (nSPS) is 14.9. The number of fused-ring (bicyclic) bond motifs is 2. The Hall–Kier alpha value is -2.45. The highest BCUT2D eigenvalue weighted by atomic mass is 32.2. The average Bonchev–Trinajstić information content (AvgIpc) is 3.10. The summed E-state index contributed by atoms with van der Waals surface area (Å²) in [5.74, 6) is -0.305. The van der Waals surface area contributed by atoms with E-state index >= 15 is 0 Å². The Morgan fingerprint density at radius 1 is 1.32 bits per heavy atom. The van der Waals surface area contributed by atoms with Gasteiger partial charge in [-0.1, -0.05) is 23.9 Å². The van der Waals surface area contributed by atoms with E-state index in [1.165, 1.54) is 23.0 Å². The molecule has 2 amide bonds. The molecule has 0 radical (unpaired) electrons. The fourth-order valence-corrected chi connectivity index (χ4v) is 4.49. The molecule has 4 rings (SSSR count). The Labute approximate surface area is 152 Å². The number of amides is 2. The molecule has 1 atom stereocenters. The molecule has 2 aromatic heterocycles. The standard InChI is InChI=1S/C17H14N4O2S2/c1-10(25-16-11-6-7-24-15(11)18-9-19-16)17(23)21-8-14(22)20-12-4-2-3-5-13(12)21/h2-7,9-10H,8H2,1H3,(H,20,22)/t10-/m0/s1. The zero-order chi connectivity index (χ0) is 17.4.